The zero-order chi connectivity index (χ0) is 19.7. The smallest absolute Gasteiger partial charge is 0.390 e. The Morgan fingerprint density at radius 2 is 1.59 bits per heavy atom. The van der Waals surface area contributed by atoms with Gasteiger partial charge in [-0.3, -0.25) is 9.97 Å². The summed E-state index contributed by atoms with van der Waals surface area (Å²) in [5, 5.41) is 11.8. The zero-order valence-corrected chi connectivity index (χ0v) is 15.2. The van der Waals surface area contributed by atoms with Crippen LogP contribution in [0.25, 0.3) is 10.9 Å². The Kier molecular flexibility index (Phi) is 4.95. The number of nitrogens with zero attached hydrogens (tertiary/aromatic N) is 2. The third-order valence-electron chi connectivity index (χ3n) is 4.99. The van der Waals surface area contributed by atoms with Gasteiger partial charge in [0.1, 0.15) is 0 Å². The van der Waals surface area contributed by atoms with Crippen LogP contribution in [0, 0.1) is 0 Å². The molecule has 27 heavy (non-hydrogen) atoms. The van der Waals surface area contributed by atoms with E-state index in [9.17, 15) is 18.3 Å². The Hall–Kier alpha value is -2.47. The maximum Gasteiger partial charge on any atom is 0.398 e. The van der Waals surface area contributed by atoms with Gasteiger partial charge in [-0.05, 0) is 55.7 Å². The van der Waals surface area contributed by atoms with Crippen LogP contribution in [0.5, 0.6) is 0 Å². The van der Waals surface area contributed by atoms with Crippen molar-refractivity contribution in [3.8, 4) is 0 Å². The molecule has 142 valence electrons. The van der Waals surface area contributed by atoms with E-state index in [4.69, 9.17) is 0 Å². The Labute approximate surface area is 155 Å². The molecule has 1 aromatic carbocycles. The van der Waals surface area contributed by atoms with Crippen molar-refractivity contribution in [1.29, 1.82) is 0 Å². The molecule has 0 saturated heterocycles. The Bertz CT molecular complexity index is 920. The van der Waals surface area contributed by atoms with Gasteiger partial charge in [0.15, 0.2) is 0 Å². The molecule has 2 aromatic heterocycles. The summed E-state index contributed by atoms with van der Waals surface area (Å²) in [6.07, 6.45) is -0.607. The fourth-order valence-electron chi connectivity index (χ4n) is 3.63. The Morgan fingerprint density at radius 3 is 2.26 bits per heavy atom. The van der Waals surface area contributed by atoms with Crippen LogP contribution in [0.2, 0.25) is 0 Å². The molecule has 3 rings (SSSR count). The first-order valence-electron chi connectivity index (χ1n) is 8.65. The number of alkyl halides is 3. The van der Waals surface area contributed by atoms with Crippen molar-refractivity contribution in [3.05, 3.63) is 72.2 Å². The third-order valence-corrected chi connectivity index (χ3v) is 4.99. The molecule has 0 saturated carbocycles. The predicted octanol–water partition coefficient (Wildman–Crippen LogP) is 4.83. The standard InChI is InChI=1S/C21H21F3N2O/c1-19(27,13-15-7-12-26-18-6-4-3-5-17(15)18)14-20(2,21(22,23)24)16-8-10-25-11-9-16/h3-12,27H,13-14H2,1-2H3. The van der Waals surface area contributed by atoms with Gasteiger partial charge in [0.05, 0.1) is 16.5 Å². The lowest BCUT2D eigenvalue weighted by Crippen LogP contribution is -2.46. The molecule has 6 heteroatoms. The lowest BCUT2D eigenvalue weighted by Gasteiger charge is -2.38. The molecule has 2 heterocycles. The molecule has 0 radical (unpaired) electrons. The van der Waals surface area contributed by atoms with Gasteiger partial charge < -0.3 is 5.11 Å². The van der Waals surface area contributed by atoms with Gasteiger partial charge >= 0.3 is 6.18 Å². The van der Waals surface area contributed by atoms with Crippen LogP contribution in [0.1, 0.15) is 31.4 Å². The van der Waals surface area contributed by atoms with E-state index in [1.807, 2.05) is 24.3 Å². The fourth-order valence-corrected chi connectivity index (χ4v) is 3.63. The summed E-state index contributed by atoms with van der Waals surface area (Å²) in [5.41, 5.74) is -2.16. The molecule has 0 aliphatic carbocycles. The number of aliphatic hydroxyl groups is 1. The number of fused-ring (bicyclic) bond motifs is 1. The topological polar surface area (TPSA) is 46.0 Å². The molecular weight excluding hydrogens is 353 g/mol. The summed E-state index contributed by atoms with van der Waals surface area (Å²) < 4.78 is 41.9. The molecule has 0 aliphatic rings. The average Bonchev–Trinajstić information content (AvgIpc) is 2.61. The summed E-state index contributed by atoms with van der Waals surface area (Å²) in [6, 6.07) is 11.8. The molecule has 2 atom stereocenters. The van der Waals surface area contributed by atoms with E-state index in [1.165, 1.54) is 31.5 Å². The normalized spacial score (nSPS) is 16.7. The molecule has 2 unspecified atom stereocenters. The largest absolute Gasteiger partial charge is 0.398 e. The van der Waals surface area contributed by atoms with Crippen molar-refractivity contribution < 1.29 is 18.3 Å². The van der Waals surface area contributed by atoms with Crippen LogP contribution < -0.4 is 0 Å². The first-order valence-corrected chi connectivity index (χ1v) is 8.65. The highest BCUT2D eigenvalue weighted by Crippen LogP contribution is 2.46. The number of para-hydroxylation sites is 1. The fraction of sp³-hybridized carbons (Fsp3) is 0.333. The molecule has 0 bridgehead atoms. The number of rotatable bonds is 5. The van der Waals surface area contributed by atoms with Crippen LogP contribution in [-0.4, -0.2) is 26.9 Å². The zero-order valence-electron chi connectivity index (χ0n) is 15.2. The lowest BCUT2D eigenvalue weighted by molar-refractivity contribution is -0.199. The molecule has 0 spiro atoms. The van der Waals surface area contributed by atoms with Crippen LogP contribution >= 0.6 is 0 Å². The highest BCUT2D eigenvalue weighted by molar-refractivity contribution is 5.81. The minimum absolute atomic E-state index is 0.0878. The van der Waals surface area contributed by atoms with Crippen LogP contribution in [0.15, 0.2) is 61.1 Å². The number of benzene rings is 1. The van der Waals surface area contributed by atoms with Gasteiger partial charge in [-0.25, -0.2) is 0 Å². The minimum Gasteiger partial charge on any atom is -0.390 e. The van der Waals surface area contributed by atoms with E-state index in [2.05, 4.69) is 9.97 Å². The molecule has 0 amide bonds. The molecule has 0 fully saturated rings. The first kappa shape index (κ1) is 19.3. The van der Waals surface area contributed by atoms with E-state index >= 15 is 0 Å². The van der Waals surface area contributed by atoms with E-state index in [0.29, 0.717) is 0 Å². The quantitative estimate of drug-likeness (QED) is 0.696. The van der Waals surface area contributed by atoms with Crippen LogP contribution in [-0.2, 0) is 11.8 Å². The van der Waals surface area contributed by atoms with Crippen molar-refractivity contribution in [2.24, 2.45) is 0 Å². The number of pyridine rings is 2. The number of aromatic nitrogens is 2. The van der Waals surface area contributed by atoms with Crippen molar-refractivity contribution in [2.75, 3.05) is 0 Å². The maximum absolute atomic E-state index is 14.0. The molecule has 3 aromatic rings. The van der Waals surface area contributed by atoms with E-state index in [1.54, 1.807) is 12.3 Å². The summed E-state index contributed by atoms with van der Waals surface area (Å²) >= 11 is 0. The van der Waals surface area contributed by atoms with E-state index in [-0.39, 0.29) is 12.0 Å². The Balaban J connectivity index is 1.96. The second-order valence-corrected chi connectivity index (χ2v) is 7.40. The molecular formula is C21H21F3N2O. The number of hydrogen-bond acceptors (Lipinski definition) is 3. The van der Waals surface area contributed by atoms with Crippen molar-refractivity contribution in [2.45, 2.75) is 43.9 Å². The monoisotopic (exact) mass is 374 g/mol. The van der Waals surface area contributed by atoms with Crippen molar-refractivity contribution >= 4 is 10.9 Å². The van der Waals surface area contributed by atoms with Gasteiger partial charge in [-0.2, -0.15) is 13.2 Å². The average molecular weight is 374 g/mol. The van der Waals surface area contributed by atoms with Gasteiger partial charge in [0.25, 0.3) is 0 Å². The summed E-state index contributed by atoms with van der Waals surface area (Å²) in [6.45, 7) is 2.58. The molecule has 3 nitrogen and oxygen atoms in total. The minimum atomic E-state index is -4.52. The highest BCUT2D eigenvalue weighted by atomic mass is 19.4. The second kappa shape index (κ2) is 6.93. The number of hydrogen-bond donors (Lipinski definition) is 1. The first-order chi connectivity index (χ1) is 12.6. The molecule has 1 N–H and O–H groups in total. The second-order valence-electron chi connectivity index (χ2n) is 7.40. The molecule has 0 aliphatic heterocycles. The summed E-state index contributed by atoms with van der Waals surface area (Å²) in [7, 11) is 0. The van der Waals surface area contributed by atoms with Gasteiger partial charge in [0.2, 0.25) is 0 Å². The van der Waals surface area contributed by atoms with Crippen molar-refractivity contribution in [3.63, 3.8) is 0 Å². The van der Waals surface area contributed by atoms with Crippen LogP contribution in [0.3, 0.4) is 0 Å². The highest BCUT2D eigenvalue weighted by Gasteiger charge is 2.54. The van der Waals surface area contributed by atoms with Gasteiger partial charge in [-0.15, -0.1) is 0 Å². The van der Waals surface area contributed by atoms with E-state index in [0.717, 1.165) is 23.4 Å². The van der Waals surface area contributed by atoms with Crippen molar-refractivity contribution in [1.82, 2.24) is 9.97 Å². The summed E-state index contributed by atoms with van der Waals surface area (Å²) in [5.74, 6) is 0. The van der Waals surface area contributed by atoms with Crippen LogP contribution in [0.4, 0.5) is 13.2 Å². The van der Waals surface area contributed by atoms with Gasteiger partial charge in [0, 0.05) is 30.4 Å². The predicted molar refractivity (Wildman–Crippen MR) is 98.3 cm³/mol. The summed E-state index contributed by atoms with van der Waals surface area (Å²) in [4.78, 5) is 8.07. The number of halogens is 3. The SMILES string of the molecule is CC(O)(Cc1ccnc2ccccc12)CC(C)(c1ccncc1)C(F)(F)F. The maximum atomic E-state index is 14.0. The lowest BCUT2D eigenvalue weighted by atomic mass is 9.72. The van der Waals surface area contributed by atoms with E-state index < -0.39 is 23.6 Å². The van der Waals surface area contributed by atoms with Gasteiger partial charge in [-0.1, -0.05) is 18.2 Å². The third kappa shape index (κ3) is 3.95. The Morgan fingerprint density at radius 1 is 0.926 bits per heavy atom.